The number of carbonyl (C=O) groups excluding carboxylic acids is 1. The molecule has 2 atom stereocenters. The number of aliphatic carboxylic acids is 1. The summed E-state index contributed by atoms with van der Waals surface area (Å²) in [6, 6.07) is 0.155. The molecule has 0 bridgehead atoms. The lowest BCUT2D eigenvalue weighted by atomic mass is 10.2. The molecule has 0 aliphatic heterocycles. The largest absolute Gasteiger partial charge is 0.481 e. The van der Waals surface area contributed by atoms with Gasteiger partial charge < -0.3 is 5.11 Å². The van der Waals surface area contributed by atoms with Crippen molar-refractivity contribution in [2.24, 2.45) is 11.8 Å². The Labute approximate surface area is 104 Å². The van der Waals surface area contributed by atoms with E-state index in [4.69, 9.17) is 5.11 Å². The van der Waals surface area contributed by atoms with E-state index in [0.717, 1.165) is 0 Å². The average molecular weight is 249 g/mol. The van der Waals surface area contributed by atoms with Crippen molar-refractivity contribution >= 4 is 11.8 Å². The maximum atomic E-state index is 11.7. The molecule has 0 spiro atoms. The van der Waals surface area contributed by atoms with Crippen molar-refractivity contribution < 1.29 is 14.7 Å². The highest BCUT2D eigenvalue weighted by molar-refractivity contribution is 6.02. The number of carbonyl (C=O) groups is 2. The molecular weight excluding hydrogens is 234 g/mol. The van der Waals surface area contributed by atoms with Crippen molar-refractivity contribution in [3.8, 4) is 0 Å². The van der Waals surface area contributed by atoms with Gasteiger partial charge in [-0.2, -0.15) is 0 Å². The number of nitrogens with zero attached hydrogens (tertiary/aromatic N) is 3. The van der Waals surface area contributed by atoms with Crippen LogP contribution in [-0.2, 0) is 4.79 Å². The maximum Gasteiger partial charge on any atom is 0.307 e. The first kappa shape index (κ1) is 12.5. The van der Waals surface area contributed by atoms with Gasteiger partial charge in [0.1, 0.15) is 0 Å². The summed E-state index contributed by atoms with van der Waals surface area (Å²) in [4.78, 5) is 22.4. The second kappa shape index (κ2) is 4.72. The van der Waals surface area contributed by atoms with E-state index < -0.39 is 5.97 Å². The van der Waals surface area contributed by atoms with Gasteiger partial charge in [0.15, 0.2) is 5.69 Å². The lowest BCUT2D eigenvalue weighted by molar-refractivity contribution is -0.138. The van der Waals surface area contributed by atoms with Crippen LogP contribution in [0.4, 0.5) is 0 Å². The molecule has 18 heavy (non-hydrogen) atoms. The molecule has 0 saturated heterocycles. The van der Waals surface area contributed by atoms with Gasteiger partial charge in [0.25, 0.3) is 0 Å². The van der Waals surface area contributed by atoms with Crippen molar-refractivity contribution in [3.63, 3.8) is 0 Å². The SMILES string of the molecule is CC(C)n1cc(C(=O)/C=C/[C@@H]2C[C@H]2C(=O)O)nn1. The standard InChI is InChI=1S/C12H15N3O3/c1-7(2)15-6-10(13-14-15)11(16)4-3-8-5-9(8)12(17)18/h3-4,6-9H,5H2,1-2H3,(H,17,18)/b4-3+/t8-,9-/m1/s1. The summed E-state index contributed by atoms with van der Waals surface area (Å²) in [5, 5.41) is 16.4. The smallest absolute Gasteiger partial charge is 0.307 e. The van der Waals surface area contributed by atoms with Crippen molar-refractivity contribution in [2.45, 2.75) is 26.3 Å². The van der Waals surface area contributed by atoms with E-state index >= 15 is 0 Å². The van der Waals surface area contributed by atoms with E-state index in [2.05, 4.69) is 10.3 Å². The van der Waals surface area contributed by atoms with Gasteiger partial charge in [0.05, 0.1) is 12.1 Å². The molecule has 6 heteroatoms. The van der Waals surface area contributed by atoms with Crippen molar-refractivity contribution in [1.82, 2.24) is 15.0 Å². The summed E-state index contributed by atoms with van der Waals surface area (Å²) in [7, 11) is 0. The van der Waals surface area contributed by atoms with Gasteiger partial charge in [-0.1, -0.05) is 11.3 Å². The van der Waals surface area contributed by atoms with Crippen molar-refractivity contribution in [1.29, 1.82) is 0 Å². The summed E-state index contributed by atoms with van der Waals surface area (Å²) in [5.74, 6) is -1.40. The summed E-state index contributed by atoms with van der Waals surface area (Å²) < 4.78 is 1.61. The van der Waals surface area contributed by atoms with Gasteiger partial charge in [-0.15, -0.1) is 5.10 Å². The Hall–Kier alpha value is -1.98. The van der Waals surface area contributed by atoms with E-state index in [0.29, 0.717) is 6.42 Å². The van der Waals surface area contributed by atoms with E-state index in [1.807, 2.05) is 13.8 Å². The zero-order valence-corrected chi connectivity index (χ0v) is 10.3. The maximum absolute atomic E-state index is 11.7. The van der Waals surface area contributed by atoms with Crippen LogP contribution in [0.1, 0.15) is 36.8 Å². The minimum Gasteiger partial charge on any atom is -0.481 e. The molecule has 0 unspecified atom stereocenters. The fourth-order valence-electron chi connectivity index (χ4n) is 1.65. The zero-order valence-electron chi connectivity index (χ0n) is 10.3. The van der Waals surface area contributed by atoms with Crippen molar-refractivity contribution in [3.05, 3.63) is 24.0 Å². The molecule has 1 heterocycles. The number of carboxylic acids is 1. The minimum atomic E-state index is -0.803. The van der Waals surface area contributed by atoms with E-state index in [1.54, 1.807) is 17.0 Å². The third-order valence-electron chi connectivity index (χ3n) is 2.94. The van der Waals surface area contributed by atoms with Crippen LogP contribution in [0.3, 0.4) is 0 Å². The first-order chi connectivity index (χ1) is 8.49. The Morgan fingerprint density at radius 2 is 2.28 bits per heavy atom. The lowest BCUT2D eigenvalue weighted by Gasteiger charge is -2.00. The van der Waals surface area contributed by atoms with Crippen LogP contribution in [0, 0.1) is 11.8 Å². The molecule has 0 radical (unpaired) electrons. The van der Waals surface area contributed by atoms with Gasteiger partial charge in [0, 0.05) is 6.04 Å². The second-order valence-corrected chi connectivity index (χ2v) is 4.75. The van der Waals surface area contributed by atoms with Crippen LogP contribution in [-0.4, -0.2) is 31.9 Å². The molecule has 6 nitrogen and oxygen atoms in total. The molecule has 1 fully saturated rings. The van der Waals surface area contributed by atoms with Crippen LogP contribution >= 0.6 is 0 Å². The van der Waals surface area contributed by atoms with Crippen LogP contribution in [0.15, 0.2) is 18.3 Å². The predicted molar refractivity (Wildman–Crippen MR) is 63.1 cm³/mol. The molecule has 0 amide bonds. The number of ketones is 1. The highest BCUT2D eigenvalue weighted by Gasteiger charge is 2.41. The number of hydrogen-bond acceptors (Lipinski definition) is 4. The van der Waals surface area contributed by atoms with Crippen LogP contribution in [0.2, 0.25) is 0 Å². The van der Waals surface area contributed by atoms with E-state index in [9.17, 15) is 9.59 Å². The number of aromatic nitrogens is 3. The molecule has 96 valence electrons. The highest BCUT2D eigenvalue weighted by atomic mass is 16.4. The summed E-state index contributed by atoms with van der Waals surface area (Å²) in [6.07, 6.45) is 5.24. The molecule has 1 N–H and O–H groups in total. The summed E-state index contributed by atoms with van der Waals surface area (Å²) >= 11 is 0. The molecule has 2 rings (SSSR count). The fraction of sp³-hybridized carbons (Fsp3) is 0.500. The topological polar surface area (TPSA) is 85.1 Å². The summed E-state index contributed by atoms with van der Waals surface area (Å²) in [5.41, 5.74) is 0.285. The Morgan fingerprint density at radius 3 is 2.78 bits per heavy atom. The fourth-order valence-corrected chi connectivity index (χ4v) is 1.65. The Kier molecular flexibility index (Phi) is 3.27. The van der Waals surface area contributed by atoms with Gasteiger partial charge in [-0.25, -0.2) is 4.68 Å². The summed E-state index contributed by atoms with van der Waals surface area (Å²) in [6.45, 7) is 3.89. The van der Waals surface area contributed by atoms with E-state index in [1.165, 1.54) is 6.08 Å². The van der Waals surface area contributed by atoms with Gasteiger partial charge in [-0.05, 0) is 32.3 Å². The van der Waals surface area contributed by atoms with Gasteiger partial charge in [0.2, 0.25) is 5.78 Å². The normalized spacial score (nSPS) is 22.6. The molecule has 1 aliphatic rings. The van der Waals surface area contributed by atoms with E-state index in [-0.39, 0.29) is 29.4 Å². The molecule has 0 aromatic carbocycles. The zero-order chi connectivity index (χ0) is 13.3. The Morgan fingerprint density at radius 1 is 1.56 bits per heavy atom. The molecule has 1 aliphatic carbocycles. The third-order valence-corrected chi connectivity index (χ3v) is 2.94. The highest BCUT2D eigenvalue weighted by Crippen LogP contribution is 2.39. The quantitative estimate of drug-likeness (QED) is 0.628. The lowest BCUT2D eigenvalue weighted by Crippen LogP contribution is -2.00. The molecular formula is C12H15N3O3. The van der Waals surface area contributed by atoms with Gasteiger partial charge >= 0.3 is 5.97 Å². The number of carboxylic acid groups (broad SMARTS) is 1. The minimum absolute atomic E-state index is 0.0217. The molecule has 1 aromatic rings. The first-order valence-corrected chi connectivity index (χ1v) is 5.86. The number of rotatable bonds is 5. The average Bonchev–Trinajstić information content (AvgIpc) is 2.91. The van der Waals surface area contributed by atoms with Crippen LogP contribution in [0.5, 0.6) is 0 Å². The Bertz CT molecular complexity index is 504. The van der Waals surface area contributed by atoms with Crippen molar-refractivity contribution in [2.75, 3.05) is 0 Å². The first-order valence-electron chi connectivity index (χ1n) is 5.86. The monoisotopic (exact) mass is 249 g/mol. The Balaban J connectivity index is 1.96. The third kappa shape index (κ3) is 2.64. The van der Waals surface area contributed by atoms with Gasteiger partial charge in [-0.3, -0.25) is 9.59 Å². The molecule has 1 aromatic heterocycles. The predicted octanol–water partition coefficient (Wildman–Crippen LogP) is 1.32. The van der Waals surface area contributed by atoms with Crippen LogP contribution in [0.25, 0.3) is 0 Å². The number of hydrogen-bond donors (Lipinski definition) is 1. The second-order valence-electron chi connectivity index (χ2n) is 4.75. The van der Waals surface area contributed by atoms with Crippen LogP contribution < -0.4 is 0 Å². The number of allylic oxidation sites excluding steroid dienone is 2. The molecule has 1 saturated carbocycles.